The molecule has 1 amide bonds. The first kappa shape index (κ1) is 12.0. The molecule has 5 heteroatoms. The molecule has 0 aliphatic rings. The number of aryl methyl sites for hydroxylation is 1. The van der Waals surface area contributed by atoms with E-state index in [1.165, 1.54) is 24.4 Å². The maximum atomic E-state index is 13.0. The van der Waals surface area contributed by atoms with E-state index in [4.69, 9.17) is 5.73 Å². The Kier molecular flexibility index (Phi) is 3.23. The van der Waals surface area contributed by atoms with Crippen molar-refractivity contribution in [1.29, 1.82) is 0 Å². The van der Waals surface area contributed by atoms with Crippen LogP contribution in [0.1, 0.15) is 15.9 Å². The lowest BCUT2D eigenvalue weighted by Crippen LogP contribution is -2.12. The van der Waals surface area contributed by atoms with Crippen molar-refractivity contribution in [3.8, 4) is 0 Å². The SMILES string of the molecule is Cc1cncc(NC(=O)c2ccc(F)c(N)c2)c1. The van der Waals surface area contributed by atoms with Crippen LogP contribution in [0.4, 0.5) is 15.8 Å². The van der Waals surface area contributed by atoms with Gasteiger partial charge in [-0.15, -0.1) is 0 Å². The second kappa shape index (κ2) is 4.83. The molecule has 0 saturated heterocycles. The minimum Gasteiger partial charge on any atom is -0.396 e. The Hall–Kier alpha value is -2.43. The fourth-order valence-electron chi connectivity index (χ4n) is 1.51. The average molecular weight is 245 g/mol. The van der Waals surface area contributed by atoms with Crippen molar-refractivity contribution in [2.45, 2.75) is 6.92 Å². The van der Waals surface area contributed by atoms with Crippen molar-refractivity contribution >= 4 is 17.3 Å². The molecule has 1 aromatic heterocycles. The highest BCUT2D eigenvalue weighted by Crippen LogP contribution is 2.14. The van der Waals surface area contributed by atoms with Gasteiger partial charge in [0.2, 0.25) is 0 Å². The molecule has 18 heavy (non-hydrogen) atoms. The Morgan fingerprint density at radius 3 is 2.78 bits per heavy atom. The first-order valence-corrected chi connectivity index (χ1v) is 5.34. The van der Waals surface area contributed by atoms with Crippen molar-refractivity contribution in [2.75, 3.05) is 11.1 Å². The maximum Gasteiger partial charge on any atom is 0.255 e. The molecule has 2 rings (SSSR count). The fraction of sp³-hybridized carbons (Fsp3) is 0.0769. The normalized spacial score (nSPS) is 10.1. The zero-order valence-electron chi connectivity index (χ0n) is 9.77. The lowest BCUT2D eigenvalue weighted by atomic mass is 10.2. The van der Waals surface area contributed by atoms with Gasteiger partial charge in [0.05, 0.1) is 17.6 Å². The highest BCUT2D eigenvalue weighted by Gasteiger charge is 2.08. The molecule has 3 N–H and O–H groups in total. The van der Waals surface area contributed by atoms with Crippen LogP contribution in [-0.4, -0.2) is 10.9 Å². The molecule has 0 saturated carbocycles. The monoisotopic (exact) mass is 245 g/mol. The van der Waals surface area contributed by atoms with E-state index in [-0.39, 0.29) is 11.6 Å². The number of nitrogens with two attached hydrogens (primary N) is 1. The maximum absolute atomic E-state index is 13.0. The van der Waals surface area contributed by atoms with Gasteiger partial charge in [-0.25, -0.2) is 4.39 Å². The second-order valence-electron chi connectivity index (χ2n) is 3.94. The molecule has 0 aliphatic heterocycles. The van der Waals surface area contributed by atoms with Crippen LogP contribution in [0.5, 0.6) is 0 Å². The van der Waals surface area contributed by atoms with E-state index in [1.807, 2.05) is 6.92 Å². The summed E-state index contributed by atoms with van der Waals surface area (Å²) in [6.07, 6.45) is 3.23. The zero-order valence-corrected chi connectivity index (χ0v) is 9.77. The van der Waals surface area contributed by atoms with Crippen molar-refractivity contribution in [3.63, 3.8) is 0 Å². The Bertz CT molecular complexity index is 599. The van der Waals surface area contributed by atoms with Crippen LogP contribution in [0.3, 0.4) is 0 Å². The highest BCUT2D eigenvalue weighted by molar-refractivity contribution is 6.04. The van der Waals surface area contributed by atoms with Crippen LogP contribution < -0.4 is 11.1 Å². The number of pyridine rings is 1. The minimum atomic E-state index is -0.538. The van der Waals surface area contributed by atoms with Crippen LogP contribution in [-0.2, 0) is 0 Å². The van der Waals surface area contributed by atoms with Crippen LogP contribution >= 0.6 is 0 Å². The Morgan fingerprint density at radius 2 is 2.11 bits per heavy atom. The number of halogens is 1. The van der Waals surface area contributed by atoms with E-state index >= 15 is 0 Å². The quantitative estimate of drug-likeness (QED) is 0.798. The molecule has 4 nitrogen and oxygen atoms in total. The molecule has 0 unspecified atom stereocenters. The van der Waals surface area contributed by atoms with Crippen LogP contribution in [0, 0.1) is 12.7 Å². The van der Waals surface area contributed by atoms with Crippen molar-refractivity contribution < 1.29 is 9.18 Å². The molecule has 0 aliphatic carbocycles. The highest BCUT2D eigenvalue weighted by atomic mass is 19.1. The van der Waals surface area contributed by atoms with Crippen LogP contribution in [0.25, 0.3) is 0 Å². The molecule has 1 heterocycles. The first-order valence-electron chi connectivity index (χ1n) is 5.34. The number of nitrogen functional groups attached to an aromatic ring is 1. The average Bonchev–Trinajstić information content (AvgIpc) is 2.32. The second-order valence-corrected chi connectivity index (χ2v) is 3.94. The van der Waals surface area contributed by atoms with Crippen LogP contribution in [0.15, 0.2) is 36.7 Å². The Balaban J connectivity index is 2.19. The molecule has 0 bridgehead atoms. The molecule has 0 atom stereocenters. The van der Waals surface area contributed by atoms with Crippen molar-refractivity contribution in [1.82, 2.24) is 4.98 Å². The summed E-state index contributed by atoms with van der Waals surface area (Å²) in [5.41, 5.74) is 7.18. The van der Waals surface area contributed by atoms with Gasteiger partial charge in [-0.1, -0.05) is 0 Å². The number of anilines is 2. The summed E-state index contributed by atoms with van der Waals surface area (Å²) in [5.74, 6) is -0.891. The van der Waals surface area contributed by atoms with Crippen LogP contribution in [0.2, 0.25) is 0 Å². The van der Waals surface area contributed by atoms with Gasteiger partial charge in [0.15, 0.2) is 0 Å². The van der Waals surface area contributed by atoms with E-state index in [1.54, 1.807) is 12.3 Å². The number of aromatic nitrogens is 1. The molecule has 0 fully saturated rings. The number of hydrogen-bond donors (Lipinski definition) is 2. The number of amides is 1. The summed E-state index contributed by atoms with van der Waals surface area (Å²) < 4.78 is 13.0. The molecule has 1 aromatic carbocycles. The third-order valence-electron chi connectivity index (χ3n) is 2.39. The number of rotatable bonds is 2. The summed E-state index contributed by atoms with van der Waals surface area (Å²) in [7, 11) is 0. The van der Waals surface area contributed by atoms with Gasteiger partial charge in [-0.05, 0) is 36.8 Å². The predicted octanol–water partition coefficient (Wildman–Crippen LogP) is 2.36. The molecule has 2 aromatic rings. The summed E-state index contributed by atoms with van der Waals surface area (Å²) in [6, 6.07) is 5.63. The summed E-state index contributed by atoms with van der Waals surface area (Å²) in [6.45, 7) is 1.87. The molecular weight excluding hydrogens is 233 g/mol. The summed E-state index contributed by atoms with van der Waals surface area (Å²) in [4.78, 5) is 15.8. The van der Waals surface area contributed by atoms with Gasteiger partial charge < -0.3 is 11.1 Å². The predicted molar refractivity (Wildman–Crippen MR) is 67.7 cm³/mol. The number of benzene rings is 1. The van der Waals surface area contributed by atoms with E-state index < -0.39 is 5.82 Å². The third kappa shape index (κ3) is 2.63. The van der Waals surface area contributed by atoms with E-state index in [0.717, 1.165) is 5.56 Å². The van der Waals surface area contributed by atoms with Crippen molar-refractivity contribution in [3.05, 3.63) is 53.6 Å². The third-order valence-corrected chi connectivity index (χ3v) is 2.39. The first-order chi connectivity index (χ1) is 8.56. The van der Waals surface area contributed by atoms with E-state index in [9.17, 15) is 9.18 Å². The lowest BCUT2D eigenvalue weighted by Gasteiger charge is -2.06. The zero-order chi connectivity index (χ0) is 13.1. The van der Waals surface area contributed by atoms with Gasteiger partial charge in [-0.3, -0.25) is 9.78 Å². The number of nitrogens with zero attached hydrogens (tertiary/aromatic N) is 1. The summed E-state index contributed by atoms with van der Waals surface area (Å²) in [5, 5.41) is 2.67. The Labute approximate surface area is 104 Å². The van der Waals surface area contributed by atoms with Gasteiger partial charge in [0.1, 0.15) is 5.82 Å². The van der Waals surface area contributed by atoms with Gasteiger partial charge in [0.25, 0.3) is 5.91 Å². The fourth-order valence-corrected chi connectivity index (χ4v) is 1.51. The number of carbonyl (C=O) groups excluding carboxylic acids is 1. The number of hydrogen-bond acceptors (Lipinski definition) is 3. The van der Waals surface area contributed by atoms with Crippen molar-refractivity contribution in [2.24, 2.45) is 0 Å². The Morgan fingerprint density at radius 1 is 1.33 bits per heavy atom. The topological polar surface area (TPSA) is 68.0 Å². The standard InChI is InChI=1S/C13H12FN3O/c1-8-4-10(7-16-6-8)17-13(18)9-2-3-11(14)12(15)5-9/h2-7H,15H2,1H3,(H,17,18). The molecule has 0 spiro atoms. The van der Waals surface area contributed by atoms with Gasteiger partial charge >= 0.3 is 0 Å². The van der Waals surface area contributed by atoms with E-state index in [0.29, 0.717) is 11.3 Å². The molecular formula is C13H12FN3O. The minimum absolute atomic E-state index is 0.0509. The number of carbonyl (C=O) groups is 1. The number of nitrogens with one attached hydrogen (secondary N) is 1. The smallest absolute Gasteiger partial charge is 0.255 e. The summed E-state index contributed by atoms with van der Waals surface area (Å²) >= 11 is 0. The molecule has 92 valence electrons. The molecule has 0 radical (unpaired) electrons. The van der Waals surface area contributed by atoms with E-state index in [2.05, 4.69) is 10.3 Å². The van der Waals surface area contributed by atoms with Gasteiger partial charge in [0, 0.05) is 11.8 Å². The largest absolute Gasteiger partial charge is 0.396 e. The lowest BCUT2D eigenvalue weighted by molar-refractivity contribution is 0.102. The van der Waals surface area contributed by atoms with Gasteiger partial charge in [-0.2, -0.15) is 0 Å².